The van der Waals surface area contributed by atoms with Gasteiger partial charge in [0.1, 0.15) is 11.0 Å². The zero-order valence-electron chi connectivity index (χ0n) is 14.4. The highest BCUT2D eigenvalue weighted by atomic mass is 32.2. The summed E-state index contributed by atoms with van der Waals surface area (Å²) in [6, 6.07) is 10.1. The largest absolute Gasteiger partial charge is 0.382 e. The van der Waals surface area contributed by atoms with Crippen LogP contribution in [0.3, 0.4) is 0 Å². The minimum Gasteiger partial charge on any atom is -0.382 e. The molecule has 1 saturated heterocycles. The highest BCUT2D eigenvalue weighted by molar-refractivity contribution is 8.00. The molecule has 4 fully saturated rings. The summed E-state index contributed by atoms with van der Waals surface area (Å²) in [7, 11) is 0. The average molecular weight is 333 g/mol. The van der Waals surface area contributed by atoms with Crippen LogP contribution in [-0.4, -0.2) is 22.4 Å². The van der Waals surface area contributed by atoms with E-state index < -0.39 is 5.60 Å². The molecule has 5 rings (SSSR count). The van der Waals surface area contributed by atoms with Crippen molar-refractivity contribution in [2.75, 3.05) is 6.61 Å². The Morgan fingerprint density at radius 2 is 2.00 bits per heavy atom. The third kappa shape index (κ3) is 2.31. The lowest BCUT2D eigenvalue weighted by Gasteiger charge is -2.64. The number of thioether (sulfide) groups is 1. The summed E-state index contributed by atoms with van der Waals surface area (Å²) in [6.07, 6.45) is 3.37. The number of benzene rings is 1. The van der Waals surface area contributed by atoms with Gasteiger partial charge >= 0.3 is 0 Å². The van der Waals surface area contributed by atoms with Gasteiger partial charge in [0.25, 0.3) is 0 Å². The molecule has 3 heteroatoms. The number of hydrogen-bond acceptors (Lipinski definition) is 3. The van der Waals surface area contributed by atoms with Crippen LogP contribution in [0.15, 0.2) is 30.3 Å². The molecule has 0 amide bonds. The van der Waals surface area contributed by atoms with Gasteiger partial charge in [0.05, 0.1) is 6.61 Å². The molecule has 23 heavy (non-hydrogen) atoms. The van der Waals surface area contributed by atoms with Crippen molar-refractivity contribution >= 4 is 11.8 Å². The summed E-state index contributed by atoms with van der Waals surface area (Å²) in [4.78, 5) is 0. The maximum atomic E-state index is 11.3. The van der Waals surface area contributed by atoms with Crippen molar-refractivity contribution in [2.24, 2.45) is 23.2 Å². The molecule has 1 aromatic rings. The SMILES string of the molecule is CC[C@](O)(c1ccccc1)[C@@H]1OC[C@@H]2[C@H](C[C@H]3C[C@@H]2C3(C)C)S1. The van der Waals surface area contributed by atoms with Gasteiger partial charge in [-0.2, -0.15) is 0 Å². The zero-order chi connectivity index (χ0) is 16.2. The molecular weight excluding hydrogens is 304 g/mol. The lowest BCUT2D eigenvalue weighted by atomic mass is 9.45. The van der Waals surface area contributed by atoms with E-state index in [9.17, 15) is 5.11 Å². The molecule has 3 saturated carbocycles. The van der Waals surface area contributed by atoms with Gasteiger partial charge < -0.3 is 9.84 Å². The first-order chi connectivity index (χ1) is 11.0. The Morgan fingerprint density at radius 3 is 2.65 bits per heavy atom. The molecule has 126 valence electrons. The van der Waals surface area contributed by atoms with Crippen molar-refractivity contribution in [3.8, 4) is 0 Å². The first-order valence-corrected chi connectivity index (χ1v) is 9.96. The van der Waals surface area contributed by atoms with Gasteiger partial charge in [0.2, 0.25) is 0 Å². The molecule has 1 heterocycles. The summed E-state index contributed by atoms with van der Waals surface area (Å²) in [6.45, 7) is 7.75. The van der Waals surface area contributed by atoms with E-state index in [0.717, 1.165) is 24.0 Å². The van der Waals surface area contributed by atoms with Crippen LogP contribution in [-0.2, 0) is 10.3 Å². The number of aliphatic hydroxyl groups is 1. The first-order valence-electron chi connectivity index (χ1n) is 9.01. The van der Waals surface area contributed by atoms with E-state index >= 15 is 0 Å². The lowest BCUT2D eigenvalue weighted by Crippen LogP contribution is -2.60. The van der Waals surface area contributed by atoms with Crippen LogP contribution in [0, 0.1) is 23.2 Å². The van der Waals surface area contributed by atoms with Crippen molar-refractivity contribution in [2.45, 2.75) is 56.3 Å². The van der Waals surface area contributed by atoms with Crippen LogP contribution in [0.25, 0.3) is 0 Å². The van der Waals surface area contributed by atoms with Gasteiger partial charge in [-0.05, 0) is 48.0 Å². The fourth-order valence-electron chi connectivity index (χ4n) is 5.16. The van der Waals surface area contributed by atoms with Gasteiger partial charge in [-0.15, -0.1) is 11.8 Å². The van der Waals surface area contributed by atoms with Gasteiger partial charge in [0.15, 0.2) is 0 Å². The minimum absolute atomic E-state index is 0.142. The summed E-state index contributed by atoms with van der Waals surface area (Å²) in [5.41, 5.74) is 0.462. The number of ether oxygens (including phenoxy) is 1. The molecule has 2 nitrogen and oxygen atoms in total. The van der Waals surface area contributed by atoms with Crippen molar-refractivity contribution in [1.29, 1.82) is 0 Å². The van der Waals surface area contributed by atoms with E-state index in [1.165, 1.54) is 12.8 Å². The van der Waals surface area contributed by atoms with Crippen molar-refractivity contribution in [1.82, 2.24) is 0 Å². The van der Waals surface area contributed by atoms with E-state index in [1.807, 2.05) is 42.1 Å². The minimum atomic E-state index is -0.881. The Hall–Kier alpha value is -0.510. The lowest BCUT2D eigenvalue weighted by molar-refractivity contribution is -0.150. The Morgan fingerprint density at radius 1 is 1.26 bits per heavy atom. The molecule has 1 aliphatic heterocycles. The summed E-state index contributed by atoms with van der Waals surface area (Å²) >= 11 is 1.90. The fourth-order valence-corrected chi connectivity index (χ4v) is 6.97. The van der Waals surface area contributed by atoms with Crippen LogP contribution < -0.4 is 0 Å². The highest BCUT2D eigenvalue weighted by Gasteiger charge is 2.60. The predicted molar refractivity (Wildman–Crippen MR) is 95.2 cm³/mol. The van der Waals surface area contributed by atoms with Gasteiger partial charge in [-0.1, -0.05) is 51.1 Å². The van der Waals surface area contributed by atoms with E-state index in [0.29, 0.717) is 23.0 Å². The quantitative estimate of drug-likeness (QED) is 0.888. The average Bonchev–Trinajstić information content (AvgIpc) is 2.60. The number of rotatable bonds is 3. The molecule has 0 unspecified atom stereocenters. The zero-order valence-corrected chi connectivity index (χ0v) is 15.2. The molecular formula is C20H28O2S. The summed E-state index contributed by atoms with van der Waals surface area (Å²) in [5.74, 6) is 2.35. The molecule has 3 aliphatic carbocycles. The molecule has 2 bridgehead atoms. The normalized spacial score (nSPS) is 40.6. The molecule has 4 aliphatic rings. The van der Waals surface area contributed by atoms with Crippen LogP contribution in [0.2, 0.25) is 0 Å². The Bertz CT molecular complexity index is 572. The molecule has 0 spiro atoms. The molecule has 6 atom stereocenters. The summed E-state index contributed by atoms with van der Waals surface area (Å²) in [5, 5.41) is 12.0. The maximum Gasteiger partial charge on any atom is 0.136 e. The topological polar surface area (TPSA) is 29.5 Å². The maximum absolute atomic E-state index is 11.3. The van der Waals surface area contributed by atoms with Gasteiger partial charge in [0, 0.05) is 5.25 Å². The van der Waals surface area contributed by atoms with E-state index in [-0.39, 0.29) is 5.44 Å². The van der Waals surface area contributed by atoms with Crippen molar-refractivity contribution < 1.29 is 9.84 Å². The molecule has 1 N–H and O–H groups in total. The predicted octanol–water partition coefficient (Wildman–Crippen LogP) is 4.42. The Kier molecular flexibility index (Phi) is 3.82. The van der Waals surface area contributed by atoms with Crippen molar-refractivity contribution in [3.05, 3.63) is 35.9 Å². The van der Waals surface area contributed by atoms with Crippen LogP contribution in [0.5, 0.6) is 0 Å². The smallest absolute Gasteiger partial charge is 0.136 e. The Balaban J connectivity index is 1.54. The third-order valence-electron chi connectivity index (χ3n) is 7.00. The first kappa shape index (κ1) is 16.0. The van der Waals surface area contributed by atoms with Crippen LogP contribution >= 0.6 is 11.8 Å². The van der Waals surface area contributed by atoms with Gasteiger partial charge in [-0.25, -0.2) is 0 Å². The monoisotopic (exact) mass is 332 g/mol. The second kappa shape index (κ2) is 5.50. The van der Waals surface area contributed by atoms with Crippen LogP contribution in [0.4, 0.5) is 0 Å². The van der Waals surface area contributed by atoms with E-state index in [1.54, 1.807) is 0 Å². The standard InChI is InChI=1S/C20H28O2S/c1-4-20(21,13-8-6-5-7-9-13)18-22-12-15-16-10-14(19(16,2)3)11-17(15)23-18/h5-9,14-18,21H,4,10-12H2,1-3H3/t14-,15+,16+,17+,18-,20+/m1/s1. The second-order valence-corrected chi connectivity index (χ2v) is 9.55. The fraction of sp³-hybridized carbons (Fsp3) is 0.700. The highest BCUT2D eigenvalue weighted by Crippen LogP contribution is 2.65. The molecule has 1 aromatic carbocycles. The van der Waals surface area contributed by atoms with Crippen LogP contribution in [0.1, 0.15) is 45.6 Å². The number of hydrogen-bond donors (Lipinski definition) is 1. The van der Waals surface area contributed by atoms with E-state index in [4.69, 9.17) is 4.74 Å². The molecule has 0 radical (unpaired) electrons. The van der Waals surface area contributed by atoms with Crippen molar-refractivity contribution in [3.63, 3.8) is 0 Å². The Labute approximate surface area is 144 Å². The second-order valence-electron chi connectivity index (χ2n) is 8.24. The summed E-state index contributed by atoms with van der Waals surface area (Å²) < 4.78 is 6.26. The van der Waals surface area contributed by atoms with Gasteiger partial charge in [-0.3, -0.25) is 0 Å². The third-order valence-corrected chi connectivity index (χ3v) is 8.66. The molecule has 0 aromatic heterocycles. The van der Waals surface area contributed by atoms with E-state index in [2.05, 4.69) is 20.8 Å².